The number of aromatic nitrogens is 2. The Morgan fingerprint density at radius 2 is 0.613 bits per heavy atom. The van der Waals surface area contributed by atoms with Crippen molar-refractivity contribution in [3.63, 3.8) is 0 Å². The van der Waals surface area contributed by atoms with Crippen LogP contribution in [0.1, 0.15) is 50.1 Å². The van der Waals surface area contributed by atoms with Gasteiger partial charge in [-0.05, 0) is 24.3 Å². The van der Waals surface area contributed by atoms with Crippen LogP contribution >= 0.6 is 0 Å². The molecule has 1 aromatic heterocycles. The van der Waals surface area contributed by atoms with Crippen molar-refractivity contribution < 1.29 is 128 Å². The van der Waals surface area contributed by atoms with Crippen molar-refractivity contribution in [3.05, 3.63) is 172 Å². The minimum absolute atomic E-state index is 0.456. The lowest BCUT2D eigenvalue weighted by atomic mass is 9.12. The molecular formula is C44H22BF27N2O. The van der Waals surface area contributed by atoms with Crippen LogP contribution < -0.4 is 31.2 Å². The first-order valence-electron chi connectivity index (χ1n) is 19.8. The summed E-state index contributed by atoms with van der Waals surface area (Å²) >= 11 is 0. The van der Waals surface area contributed by atoms with Gasteiger partial charge in [-0.1, -0.05) is 78.9 Å². The Labute approximate surface area is 400 Å². The molecule has 31 heteroatoms. The summed E-state index contributed by atoms with van der Waals surface area (Å²) in [6.07, 6.45) is -55.5. The van der Waals surface area contributed by atoms with Crippen LogP contribution in [-0.2, 0) is 56.0 Å². The number of rotatable bonds is 7. The highest BCUT2D eigenvalue weighted by atomic mass is 19.4. The van der Waals surface area contributed by atoms with Crippen molar-refractivity contribution in [1.29, 1.82) is 0 Å². The Hall–Kier alpha value is -6.85. The SMILES string of the molecule is FC(F)(F)Oc1c[n+](Cc2ccccc2)ccn1.FC(F)(F)c1cc([B-](c2cc(C(F)(F)F)cc(C(F)(F)F)c2)(c2cc(C(F)(F)F)cc(C(F)(F)F)c2)c2cc(C(F)(F)F)cc(C(F)(F)F)c2)cc(C(F)(F)F)c1. The van der Waals surface area contributed by atoms with Crippen LogP contribution in [0.3, 0.4) is 0 Å². The molecule has 75 heavy (non-hydrogen) atoms. The van der Waals surface area contributed by atoms with Gasteiger partial charge in [-0.15, -0.1) is 13.2 Å². The van der Waals surface area contributed by atoms with E-state index in [0.717, 1.165) is 5.56 Å². The molecule has 0 N–H and O–H groups in total. The third-order valence-electron chi connectivity index (χ3n) is 10.6. The van der Waals surface area contributed by atoms with E-state index in [1.54, 1.807) is 10.8 Å². The highest BCUT2D eigenvalue weighted by Gasteiger charge is 2.47. The number of benzene rings is 5. The van der Waals surface area contributed by atoms with Crippen LogP contribution in [0.5, 0.6) is 5.88 Å². The third-order valence-corrected chi connectivity index (χ3v) is 10.6. The molecule has 406 valence electrons. The molecular weight excluding hydrogens is 1100 g/mol. The average Bonchev–Trinajstić information content (AvgIpc) is 3.24. The lowest BCUT2D eigenvalue weighted by Crippen LogP contribution is -2.75. The van der Waals surface area contributed by atoms with Gasteiger partial charge in [-0.3, -0.25) is 0 Å². The van der Waals surface area contributed by atoms with E-state index in [1.807, 2.05) is 30.3 Å². The van der Waals surface area contributed by atoms with Crippen LogP contribution in [-0.4, -0.2) is 17.5 Å². The molecule has 0 fully saturated rings. The normalized spacial score (nSPS) is 13.6. The molecule has 0 aliphatic heterocycles. The van der Waals surface area contributed by atoms with Crippen molar-refractivity contribution >= 4 is 28.0 Å². The molecule has 0 radical (unpaired) electrons. The van der Waals surface area contributed by atoms with Crippen LogP contribution in [0.15, 0.2) is 122 Å². The smallest absolute Gasteiger partial charge is 0.382 e. The van der Waals surface area contributed by atoms with Crippen molar-refractivity contribution in [2.24, 2.45) is 0 Å². The van der Waals surface area contributed by atoms with Gasteiger partial charge in [0.15, 0.2) is 12.7 Å². The second-order valence-electron chi connectivity index (χ2n) is 15.8. The number of hydrogen-bond acceptors (Lipinski definition) is 2. The predicted molar refractivity (Wildman–Crippen MR) is 207 cm³/mol. The first-order valence-corrected chi connectivity index (χ1v) is 19.8. The first kappa shape index (κ1) is 59.0. The number of ether oxygens (including phenoxy) is 1. The summed E-state index contributed by atoms with van der Waals surface area (Å²) in [6.45, 7) is 0.456. The Morgan fingerprint density at radius 1 is 0.360 bits per heavy atom. The molecule has 0 amide bonds. The van der Waals surface area contributed by atoms with Crippen LogP contribution in [0, 0.1) is 0 Å². The largest absolute Gasteiger partial charge is 0.574 e. The molecule has 0 aliphatic rings. The Kier molecular flexibility index (Phi) is 15.8. The second-order valence-corrected chi connectivity index (χ2v) is 15.8. The molecule has 0 aliphatic carbocycles. The summed E-state index contributed by atoms with van der Waals surface area (Å²) in [4.78, 5) is 3.50. The number of hydrogen-bond donors (Lipinski definition) is 0. The fourth-order valence-electron chi connectivity index (χ4n) is 7.55. The zero-order valence-electron chi connectivity index (χ0n) is 35.8. The molecule has 6 aromatic rings. The Balaban J connectivity index is 0.000000483. The van der Waals surface area contributed by atoms with Crippen molar-refractivity contribution in [3.8, 4) is 5.88 Å². The van der Waals surface area contributed by atoms with Gasteiger partial charge < -0.3 is 4.74 Å². The second kappa shape index (κ2) is 20.0. The van der Waals surface area contributed by atoms with E-state index in [9.17, 15) is 119 Å². The van der Waals surface area contributed by atoms with Crippen molar-refractivity contribution in [2.45, 2.75) is 62.3 Å². The summed E-state index contributed by atoms with van der Waals surface area (Å²) in [5.74, 6) is -0.471. The van der Waals surface area contributed by atoms with E-state index in [4.69, 9.17) is 0 Å². The van der Waals surface area contributed by atoms with E-state index in [0.29, 0.717) is 6.54 Å². The van der Waals surface area contributed by atoms with Gasteiger partial charge in [0.2, 0.25) is 6.20 Å². The lowest BCUT2D eigenvalue weighted by molar-refractivity contribution is -0.689. The minimum Gasteiger partial charge on any atom is -0.382 e. The van der Waals surface area contributed by atoms with E-state index in [-0.39, 0.29) is 0 Å². The zero-order valence-corrected chi connectivity index (χ0v) is 35.8. The van der Waals surface area contributed by atoms with E-state index < -0.39 is 207 Å². The molecule has 0 atom stereocenters. The highest BCUT2D eigenvalue weighted by molar-refractivity contribution is 7.20. The molecule has 0 saturated carbocycles. The van der Waals surface area contributed by atoms with Crippen LogP contribution in [0.4, 0.5) is 119 Å². The number of nitrogens with zero attached hydrogens (tertiary/aromatic N) is 2. The molecule has 6 rings (SSSR count). The summed E-state index contributed by atoms with van der Waals surface area (Å²) < 4.78 is 382. The first-order chi connectivity index (χ1) is 33.8. The zero-order chi connectivity index (χ0) is 56.9. The van der Waals surface area contributed by atoms with E-state index in [1.165, 1.54) is 12.4 Å². The van der Waals surface area contributed by atoms with Gasteiger partial charge in [-0.2, -0.15) is 132 Å². The van der Waals surface area contributed by atoms with Gasteiger partial charge in [0.05, 0.1) is 50.7 Å². The standard InChI is InChI=1S/C32H12BF24.C12H10F3N2O/c34-25(35,36)13-1-14(26(37,38)39)6-21(5-13)33(22-7-15(27(40,41)42)2-16(8-22)28(43,44)45,23-9-17(29(46,47)48)3-18(10-23)30(49,50)51)24-11-19(31(52,53)54)4-20(12-24)32(55,56)57;13-12(14,15)18-11-9-17(7-6-16-11)8-10-4-2-1-3-5-10/h1-12H;1-7,9H,8H2/q-1;+1. The summed E-state index contributed by atoms with van der Waals surface area (Å²) in [6, 6.07) is 0.567. The highest BCUT2D eigenvalue weighted by Crippen LogP contribution is 2.41. The number of halogens is 27. The lowest BCUT2D eigenvalue weighted by Gasteiger charge is -2.46. The topological polar surface area (TPSA) is 26.0 Å². The van der Waals surface area contributed by atoms with Crippen LogP contribution in [0.2, 0.25) is 0 Å². The Morgan fingerprint density at radius 3 is 0.840 bits per heavy atom. The predicted octanol–water partition coefficient (Wildman–Crippen LogP) is 13.5. The molecule has 1 heterocycles. The summed E-state index contributed by atoms with van der Waals surface area (Å²) in [5.41, 5.74) is -29.2. The maximum Gasteiger partial charge on any atom is 0.574 e. The summed E-state index contributed by atoms with van der Waals surface area (Å²) in [5, 5.41) is 0. The fourth-order valence-corrected chi connectivity index (χ4v) is 7.55. The third kappa shape index (κ3) is 14.5. The quantitative estimate of drug-likeness (QED) is 0.0905. The van der Waals surface area contributed by atoms with E-state index >= 15 is 0 Å². The van der Waals surface area contributed by atoms with Gasteiger partial charge in [0, 0.05) is 5.56 Å². The molecule has 0 saturated heterocycles. The molecule has 5 aromatic carbocycles. The van der Waals surface area contributed by atoms with Crippen LogP contribution in [0.25, 0.3) is 0 Å². The fraction of sp³-hybridized carbons (Fsp3) is 0.227. The van der Waals surface area contributed by atoms with Crippen molar-refractivity contribution in [1.82, 2.24) is 4.98 Å². The van der Waals surface area contributed by atoms with Gasteiger partial charge in [-0.25, -0.2) is 4.98 Å². The van der Waals surface area contributed by atoms with Gasteiger partial charge in [0.25, 0.3) is 5.88 Å². The van der Waals surface area contributed by atoms with Gasteiger partial charge >= 0.3 is 55.8 Å². The molecule has 3 nitrogen and oxygen atoms in total. The van der Waals surface area contributed by atoms with Crippen molar-refractivity contribution in [2.75, 3.05) is 0 Å². The number of alkyl halides is 27. The maximum absolute atomic E-state index is 14.2. The van der Waals surface area contributed by atoms with Gasteiger partial charge in [0.1, 0.15) is 6.15 Å². The maximum atomic E-state index is 14.2. The van der Waals surface area contributed by atoms with E-state index in [2.05, 4.69) is 9.72 Å². The average molecular weight is 1120 g/mol. The molecule has 0 spiro atoms. The molecule has 0 unspecified atom stereocenters. The Bertz CT molecular complexity index is 2540. The molecule has 0 bridgehead atoms. The monoisotopic (exact) mass is 1120 g/mol. The summed E-state index contributed by atoms with van der Waals surface area (Å²) in [7, 11) is 0. The minimum atomic E-state index is -6.13.